The van der Waals surface area contributed by atoms with Crippen LogP contribution in [0.25, 0.3) is 11.1 Å². The van der Waals surface area contributed by atoms with Crippen molar-refractivity contribution in [2.24, 2.45) is 7.05 Å². The lowest BCUT2D eigenvalue weighted by Crippen LogP contribution is -2.14. The van der Waals surface area contributed by atoms with Gasteiger partial charge in [-0.25, -0.2) is 4.98 Å². The molecule has 2 rings (SSSR count). The molecule has 0 bridgehead atoms. The largest absolute Gasteiger partial charge is 0.435 e. The summed E-state index contributed by atoms with van der Waals surface area (Å²) in [5.74, 6) is 0.522. The van der Waals surface area contributed by atoms with Gasteiger partial charge in [0.1, 0.15) is 5.52 Å². The molecule has 2 heterocycles. The monoisotopic (exact) mass is 164 g/mol. The van der Waals surface area contributed by atoms with Crippen molar-refractivity contribution in [2.45, 2.75) is 6.92 Å². The van der Waals surface area contributed by atoms with E-state index in [4.69, 9.17) is 4.42 Å². The van der Waals surface area contributed by atoms with Crippen molar-refractivity contribution in [3.05, 3.63) is 28.5 Å². The van der Waals surface area contributed by atoms with E-state index in [2.05, 4.69) is 4.98 Å². The second kappa shape index (κ2) is 2.20. The molecule has 0 aliphatic carbocycles. The molecule has 2 aromatic heterocycles. The molecule has 2 aromatic rings. The van der Waals surface area contributed by atoms with Gasteiger partial charge in [0.15, 0.2) is 5.89 Å². The number of aryl methyl sites for hydroxylation is 2. The molecule has 0 saturated heterocycles. The Morgan fingerprint density at radius 2 is 2.33 bits per heavy atom. The van der Waals surface area contributed by atoms with E-state index < -0.39 is 0 Å². The molecule has 4 nitrogen and oxygen atoms in total. The first-order chi connectivity index (χ1) is 5.68. The smallest absolute Gasteiger partial charge is 0.295 e. The van der Waals surface area contributed by atoms with Crippen LogP contribution in [0.3, 0.4) is 0 Å². The quantitative estimate of drug-likeness (QED) is 0.579. The number of hydrogen-bond donors (Lipinski definition) is 0. The average Bonchev–Trinajstić information content (AvgIpc) is 2.39. The molecule has 0 atom stereocenters. The number of hydrogen-bond acceptors (Lipinski definition) is 3. The van der Waals surface area contributed by atoms with E-state index in [9.17, 15) is 4.79 Å². The van der Waals surface area contributed by atoms with Crippen LogP contribution in [0.15, 0.2) is 21.5 Å². The van der Waals surface area contributed by atoms with E-state index in [1.54, 1.807) is 26.2 Å². The molecule has 0 amide bonds. The van der Waals surface area contributed by atoms with Crippen molar-refractivity contribution in [3.8, 4) is 0 Å². The molecule has 4 heteroatoms. The summed E-state index contributed by atoms with van der Waals surface area (Å²) in [4.78, 5) is 15.4. The minimum atomic E-state index is -0.145. The van der Waals surface area contributed by atoms with Crippen molar-refractivity contribution >= 4 is 11.1 Å². The predicted octanol–water partition coefficient (Wildman–Crippen LogP) is 0.835. The third-order valence-corrected chi connectivity index (χ3v) is 1.73. The Bertz CT molecular complexity index is 481. The predicted molar refractivity (Wildman–Crippen MR) is 44.0 cm³/mol. The first-order valence-electron chi connectivity index (χ1n) is 3.61. The van der Waals surface area contributed by atoms with Crippen molar-refractivity contribution in [3.63, 3.8) is 0 Å². The van der Waals surface area contributed by atoms with Crippen LogP contribution in [-0.2, 0) is 7.05 Å². The summed E-state index contributed by atoms with van der Waals surface area (Å²) in [5, 5.41) is 0. The van der Waals surface area contributed by atoms with Crippen molar-refractivity contribution in [1.29, 1.82) is 0 Å². The molecular formula is C8H8N2O2. The zero-order chi connectivity index (χ0) is 8.72. The maximum Gasteiger partial charge on any atom is 0.295 e. The fourth-order valence-electron chi connectivity index (χ4n) is 1.12. The number of fused-ring (bicyclic) bond motifs is 1. The van der Waals surface area contributed by atoms with Crippen LogP contribution in [0.1, 0.15) is 5.89 Å². The molecule has 0 aliphatic heterocycles. The first kappa shape index (κ1) is 7.09. The SMILES string of the molecule is Cc1nc2ccn(C)c(=O)c2o1. The topological polar surface area (TPSA) is 48.0 Å². The molecule has 12 heavy (non-hydrogen) atoms. The lowest BCUT2D eigenvalue weighted by Gasteiger charge is -1.92. The Morgan fingerprint density at radius 1 is 1.58 bits per heavy atom. The molecule has 0 spiro atoms. The molecule has 0 N–H and O–H groups in total. The van der Waals surface area contributed by atoms with Gasteiger partial charge < -0.3 is 8.98 Å². The Balaban J connectivity index is 2.99. The highest BCUT2D eigenvalue weighted by Gasteiger charge is 2.05. The Morgan fingerprint density at radius 3 is 3.08 bits per heavy atom. The molecule has 0 aliphatic rings. The summed E-state index contributed by atoms with van der Waals surface area (Å²) < 4.78 is 6.60. The van der Waals surface area contributed by atoms with E-state index in [0.717, 1.165) is 0 Å². The summed E-state index contributed by atoms with van der Waals surface area (Å²) in [7, 11) is 1.68. The maximum atomic E-state index is 11.4. The fourth-order valence-corrected chi connectivity index (χ4v) is 1.12. The van der Waals surface area contributed by atoms with Gasteiger partial charge in [-0.15, -0.1) is 0 Å². The van der Waals surface area contributed by atoms with Gasteiger partial charge >= 0.3 is 0 Å². The van der Waals surface area contributed by atoms with Gasteiger partial charge in [-0.2, -0.15) is 0 Å². The van der Waals surface area contributed by atoms with E-state index in [1.807, 2.05) is 0 Å². The van der Waals surface area contributed by atoms with Crippen LogP contribution in [0, 0.1) is 6.92 Å². The molecular weight excluding hydrogens is 156 g/mol. The van der Waals surface area contributed by atoms with Crippen LogP contribution < -0.4 is 5.56 Å². The van der Waals surface area contributed by atoms with Gasteiger partial charge in [-0.05, 0) is 6.07 Å². The molecule has 0 radical (unpaired) electrons. The Labute approximate surface area is 68.4 Å². The highest BCUT2D eigenvalue weighted by molar-refractivity contribution is 5.70. The highest BCUT2D eigenvalue weighted by atomic mass is 16.4. The van der Waals surface area contributed by atoms with Gasteiger partial charge in [-0.1, -0.05) is 0 Å². The van der Waals surface area contributed by atoms with Crippen LogP contribution in [0.2, 0.25) is 0 Å². The van der Waals surface area contributed by atoms with Crippen LogP contribution in [-0.4, -0.2) is 9.55 Å². The van der Waals surface area contributed by atoms with Crippen molar-refractivity contribution in [2.75, 3.05) is 0 Å². The minimum absolute atomic E-state index is 0.145. The maximum absolute atomic E-state index is 11.4. The van der Waals surface area contributed by atoms with Gasteiger partial charge in [0.2, 0.25) is 5.58 Å². The summed E-state index contributed by atoms with van der Waals surface area (Å²) in [6.45, 7) is 1.72. The fraction of sp³-hybridized carbons (Fsp3) is 0.250. The second-order valence-corrected chi connectivity index (χ2v) is 2.68. The summed E-state index contributed by atoms with van der Waals surface area (Å²) in [6, 6.07) is 1.76. The number of nitrogens with zero attached hydrogens (tertiary/aromatic N) is 2. The van der Waals surface area contributed by atoms with Gasteiger partial charge in [0.05, 0.1) is 0 Å². The molecule has 0 aromatic carbocycles. The third-order valence-electron chi connectivity index (χ3n) is 1.73. The van der Waals surface area contributed by atoms with Gasteiger partial charge in [0.25, 0.3) is 5.56 Å². The zero-order valence-electron chi connectivity index (χ0n) is 6.87. The van der Waals surface area contributed by atoms with Crippen molar-refractivity contribution < 1.29 is 4.42 Å². The number of aromatic nitrogens is 2. The third kappa shape index (κ3) is 0.845. The lowest BCUT2D eigenvalue weighted by atomic mass is 10.4. The number of rotatable bonds is 0. The molecule has 0 fully saturated rings. The highest BCUT2D eigenvalue weighted by Crippen LogP contribution is 2.08. The van der Waals surface area contributed by atoms with Gasteiger partial charge in [-0.3, -0.25) is 4.79 Å². The number of oxazole rings is 1. The lowest BCUT2D eigenvalue weighted by molar-refractivity contribution is 0.554. The normalized spacial score (nSPS) is 10.8. The average molecular weight is 164 g/mol. The standard InChI is InChI=1S/C8H8N2O2/c1-5-9-6-3-4-10(2)8(11)7(6)12-5/h3-4H,1-2H3. The molecule has 0 unspecified atom stereocenters. The Hall–Kier alpha value is -1.58. The van der Waals surface area contributed by atoms with Crippen molar-refractivity contribution in [1.82, 2.24) is 9.55 Å². The summed E-state index contributed by atoms with van der Waals surface area (Å²) in [5.41, 5.74) is 0.807. The van der Waals surface area contributed by atoms with E-state index in [0.29, 0.717) is 17.0 Å². The van der Waals surface area contributed by atoms with E-state index >= 15 is 0 Å². The van der Waals surface area contributed by atoms with E-state index in [-0.39, 0.29) is 5.56 Å². The minimum Gasteiger partial charge on any atom is -0.435 e. The van der Waals surface area contributed by atoms with Crippen LogP contribution in [0.5, 0.6) is 0 Å². The van der Waals surface area contributed by atoms with Crippen LogP contribution >= 0.6 is 0 Å². The van der Waals surface area contributed by atoms with Gasteiger partial charge in [0, 0.05) is 20.2 Å². The number of pyridine rings is 1. The summed E-state index contributed by atoms with van der Waals surface area (Å²) >= 11 is 0. The first-order valence-corrected chi connectivity index (χ1v) is 3.61. The molecule has 62 valence electrons. The Kier molecular flexibility index (Phi) is 1.30. The zero-order valence-corrected chi connectivity index (χ0v) is 6.87. The van der Waals surface area contributed by atoms with E-state index in [1.165, 1.54) is 4.57 Å². The summed E-state index contributed by atoms with van der Waals surface area (Å²) in [6.07, 6.45) is 1.67. The van der Waals surface area contributed by atoms with Crippen LogP contribution in [0.4, 0.5) is 0 Å². The molecule has 0 saturated carbocycles. The second-order valence-electron chi connectivity index (χ2n) is 2.68.